The Morgan fingerprint density at radius 2 is 1.77 bits per heavy atom. The van der Waals surface area contributed by atoms with Crippen LogP contribution < -0.4 is 10.0 Å². The first-order valence-electron chi connectivity index (χ1n) is 9.34. The third-order valence-electron chi connectivity index (χ3n) is 4.16. The molecule has 10 heteroatoms. The number of amides is 1. The van der Waals surface area contributed by atoms with Gasteiger partial charge in [0.1, 0.15) is 0 Å². The van der Waals surface area contributed by atoms with Gasteiger partial charge in [-0.25, -0.2) is 13.1 Å². The van der Waals surface area contributed by atoms with Crippen LogP contribution in [0.1, 0.15) is 18.7 Å². The van der Waals surface area contributed by atoms with Gasteiger partial charge in [0.25, 0.3) is 0 Å². The quantitative estimate of drug-likeness (QED) is 0.461. The lowest BCUT2D eigenvalue weighted by atomic mass is 10.2. The molecule has 0 saturated carbocycles. The fourth-order valence-electron chi connectivity index (χ4n) is 2.63. The van der Waals surface area contributed by atoms with Crippen LogP contribution in [0.5, 0.6) is 0 Å². The summed E-state index contributed by atoms with van der Waals surface area (Å²) in [5.41, 5.74) is 0.796. The van der Waals surface area contributed by atoms with Crippen molar-refractivity contribution in [3.8, 4) is 11.4 Å². The van der Waals surface area contributed by atoms with Crippen LogP contribution >= 0.6 is 11.6 Å². The molecular weight excluding hydrogens is 428 g/mol. The molecule has 0 spiro atoms. The molecule has 0 atom stereocenters. The summed E-state index contributed by atoms with van der Waals surface area (Å²) in [4.78, 5) is 16.4. The van der Waals surface area contributed by atoms with Gasteiger partial charge >= 0.3 is 0 Å². The summed E-state index contributed by atoms with van der Waals surface area (Å²) in [7, 11) is -3.57. The van der Waals surface area contributed by atoms with Gasteiger partial charge in [-0.15, -0.1) is 0 Å². The smallest absolute Gasteiger partial charge is 0.240 e. The van der Waals surface area contributed by atoms with E-state index in [1.165, 1.54) is 12.1 Å². The SMILES string of the molecule is O=C(CCCc1nc(-c2ccc(Cl)cc2)no1)NCCNS(=O)(=O)c1ccccc1. The maximum Gasteiger partial charge on any atom is 0.240 e. The van der Waals surface area contributed by atoms with Crippen molar-refractivity contribution < 1.29 is 17.7 Å². The van der Waals surface area contributed by atoms with Crippen molar-refractivity contribution in [2.75, 3.05) is 13.1 Å². The van der Waals surface area contributed by atoms with E-state index in [0.717, 1.165) is 5.56 Å². The van der Waals surface area contributed by atoms with Crippen LogP contribution in [0, 0.1) is 0 Å². The molecule has 0 saturated heterocycles. The average molecular weight is 449 g/mol. The molecule has 0 aliphatic carbocycles. The molecule has 1 heterocycles. The normalized spacial score (nSPS) is 11.4. The van der Waals surface area contributed by atoms with Gasteiger partial charge in [0, 0.05) is 36.5 Å². The first-order valence-corrected chi connectivity index (χ1v) is 11.2. The number of aromatic nitrogens is 2. The second kappa shape index (κ2) is 10.3. The van der Waals surface area contributed by atoms with E-state index >= 15 is 0 Å². The number of halogens is 1. The van der Waals surface area contributed by atoms with Crippen LogP contribution in [0.15, 0.2) is 64.0 Å². The number of nitrogens with one attached hydrogen (secondary N) is 2. The van der Waals surface area contributed by atoms with Crippen LogP contribution in [-0.4, -0.2) is 37.6 Å². The summed E-state index contributed by atoms with van der Waals surface area (Å²) in [5, 5.41) is 7.24. The molecule has 1 aromatic heterocycles. The van der Waals surface area contributed by atoms with E-state index in [9.17, 15) is 13.2 Å². The number of benzene rings is 2. The van der Waals surface area contributed by atoms with Gasteiger partial charge in [-0.2, -0.15) is 4.98 Å². The Bertz CT molecular complexity index is 1070. The van der Waals surface area contributed by atoms with Gasteiger partial charge in [0.05, 0.1) is 4.90 Å². The van der Waals surface area contributed by atoms with Crippen LogP contribution in [0.3, 0.4) is 0 Å². The number of hydrogen-bond donors (Lipinski definition) is 2. The summed E-state index contributed by atoms with van der Waals surface area (Å²) < 4.78 is 31.8. The van der Waals surface area contributed by atoms with Crippen molar-refractivity contribution >= 4 is 27.5 Å². The molecule has 0 aliphatic rings. The topological polar surface area (TPSA) is 114 Å². The fourth-order valence-corrected chi connectivity index (χ4v) is 3.81. The molecule has 3 rings (SSSR count). The number of nitrogens with zero attached hydrogens (tertiary/aromatic N) is 2. The molecule has 0 bridgehead atoms. The zero-order valence-corrected chi connectivity index (χ0v) is 17.6. The summed E-state index contributed by atoms with van der Waals surface area (Å²) in [6, 6.07) is 15.2. The highest BCUT2D eigenvalue weighted by Gasteiger charge is 2.13. The summed E-state index contributed by atoms with van der Waals surface area (Å²) in [6.07, 6.45) is 1.27. The molecule has 2 aromatic carbocycles. The van der Waals surface area contributed by atoms with Crippen LogP contribution in [0.4, 0.5) is 0 Å². The van der Waals surface area contributed by atoms with Gasteiger partial charge in [0.2, 0.25) is 27.6 Å². The van der Waals surface area contributed by atoms with E-state index in [0.29, 0.717) is 29.6 Å². The van der Waals surface area contributed by atoms with Crippen molar-refractivity contribution in [1.82, 2.24) is 20.2 Å². The van der Waals surface area contributed by atoms with Gasteiger partial charge in [-0.1, -0.05) is 35.0 Å². The monoisotopic (exact) mass is 448 g/mol. The largest absolute Gasteiger partial charge is 0.355 e. The zero-order chi connectivity index (χ0) is 21.4. The predicted molar refractivity (Wildman–Crippen MR) is 112 cm³/mol. The molecule has 0 aliphatic heterocycles. The first kappa shape index (κ1) is 21.9. The summed E-state index contributed by atoms with van der Waals surface area (Å²) >= 11 is 5.86. The van der Waals surface area contributed by atoms with Gasteiger partial charge in [0.15, 0.2) is 0 Å². The number of sulfonamides is 1. The number of rotatable bonds is 10. The van der Waals surface area contributed by atoms with E-state index in [2.05, 4.69) is 20.2 Å². The lowest BCUT2D eigenvalue weighted by molar-refractivity contribution is -0.121. The Kier molecular flexibility index (Phi) is 7.56. The molecule has 8 nitrogen and oxygen atoms in total. The van der Waals surface area contributed by atoms with E-state index < -0.39 is 10.0 Å². The highest BCUT2D eigenvalue weighted by molar-refractivity contribution is 7.89. The van der Waals surface area contributed by atoms with Crippen molar-refractivity contribution in [3.05, 3.63) is 65.5 Å². The number of carbonyl (C=O) groups excluding carboxylic acids is 1. The molecule has 158 valence electrons. The van der Waals surface area contributed by atoms with Crippen molar-refractivity contribution in [1.29, 1.82) is 0 Å². The molecule has 3 aromatic rings. The molecule has 2 N–H and O–H groups in total. The van der Waals surface area contributed by atoms with Gasteiger partial charge < -0.3 is 9.84 Å². The summed E-state index contributed by atoms with van der Waals surface area (Å²) in [5.74, 6) is 0.742. The predicted octanol–water partition coefficient (Wildman–Crippen LogP) is 2.81. The number of hydrogen-bond acceptors (Lipinski definition) is 6. The second-order valence-electron chi connectivity index (χ2n) is 6.43. The lowest BCUT2D eigenvalue weighted by Gasteiger charge is -2.07. The van der Waals surface area contributed by atoms with Gasteiger partial charge in [-0.3, -0.25) is 4.79 Å². The zero-order valence-electron chi connectivity index (χ0n) is 16.0. The Morgan fingerprint density at radius 1 is 1.03 bits per heavy atom. The number of carbonyl (C=O) groups is 1. The molecule has 30 heavy (non-hydrogen) atoms. The van der Waals surface area contributed by atoms with Crippen molar-refractivity contribution in [2.24, 2.45) is 0 Å². The average Bonchev–Trinajstić information content (AvgIpc) is 3.21. The standard InChI is InChI=1S/C20H21ClN4O4S/c21-16-11-9-15(10-12-16)20-24-19(29-25-20)8-4-7-18(26)22-13-14-23-30(27,28)17-5-2-1-3-6-17/h1-3,5-6,9-12,23H,4,7-8,13-14H2,(H,22,26). The lowest BCUT2D eigenvalue weighted by Crippen LogP contribution is -2.34. The Hall–Kier alpha value is -2.75. The third kappa shape index (κ3) is 6.38. The minimum atomic E-state index is -3.57. The molecule has 0 radical (unpaired) electrons. The maximum atomic E-state index is 12.1. The minimum Gasteiger partial charge on any atom is -0.355 e. The molecule has 0 fully saturated rings. The van der Waals surface area contributed by atoms with Crippen molar-refractivity contribution in [3.63, 3.8) is 0 Å². The molecular formula is C20H21ClN4O4S. The molecule has 1 amide bonds. The maximum absolute atomic E-state index is 12.1. The van der Waals surface area contributed by atoms with Crippen molar-refractivity contribution in [2.45, 2.75) is 24.2 Å². The van der Waals surface area contributed by atoms with Crippen LogP contribution in [0.25, 0.3) is 11.4 Å². The highest BCUT2D eigenvalue weighted by Crippen LogP contribution is 2.19. The van der Waals surface area contributed by atoms with E-state index in [4.69, 9.17) is 16.1 Å². The number of aryl methyl sites for hydroxylation is 1. The van der Waals surface area contributed by atoms with E-state index in [1.807, 2.05) is 0 Å². The first-order chi connectivity index (χ1) is 14.4. The second-order valence-corrected chi connectivity index (χ2v) is 8.64. The van der Waals surface area contributed by atoms with E-state index in [1.54, 1.807) is 42.5 Å². The minimum absolute atomic E-state index is 0.108. The fraction of sp³-hybridized carbons (Fsp3) is 0.250. The van der Waals surface area contributed by atoms with Gasteiger partial charge in [-0.05, 0) is 42.8 Å². The summed E-state index contributed by atoms with van der Waals surface area (Å²) in [6.45, 7) is 0.309. The highest BCUT2D eigenvalue weighted by atomic mass is 35.5. The Balaban J connectivity index is 1.35. The molecule has 0 unspecified atom stereocenters. The van der Waals surface area contributed by atoms with Crippen LogP contribution in [0.2, 0.25) is 5.02 Å². The third-order valence-corrected chi connectivity index (χ3v) is 5.89. The van der Waals surface area contributed by atoms with E-state index in [-0.39, 0.29) is 30.3 Å². The Labute approximate surface area is 179 Å². The Morgan fingerprint density at radius 3 is 2.50 bits per heavy atom. The van der Waals surface area contributed by atoms with Crippen LogP contribution in [-0.2, 0) is 21.2 Å².